The maximum atomic E-state index is 12.9. The first kappa shape index (κ1) is 18.6. The molecule has 0 spiro atoms. The van der Waals surface area contributed by atoms with Crippen molar-refractivity contribution < 1.29 is 4.79 Å². The number of ketones is 1. The molecule has 0 fully saturated rings. The molecule has 0 saturated carbocycles. The molecular formula is C20H20N4O2S. The number of hydrogen-bond donors (Lipinski definition) is 2. The van der Waals surface area contributed by atoms with Crippen molar-refractivity contribution in [1.82, 2.24) is 9.36 Å². The normalized spacial score (nSPS) is 10.5. The van der Waals surface area contributed by atoms with Crippen molar-refractivity contribution in [3.63, 3.8) is 0 Å². The van der Waals surface area contributed by atoms with Gasteiger partial charge in [0.15, 0.2) is 10.9 Å². The fraction of sp³-hybridized carbons (Fsp3) is 0.150. The monoisotopic (exact) mass is 380 g/mol. The molecule has 6 nitrogen and oxygen atoms in total. The molecule has 3 rings (SSSR count). The van der Waals surface area contributed by atoms with E-state index in [1.165, 1.54) is 6.92 Å². The number of para-hydroxylation sites is 1. The Hall–Kier alpha value is -3.19. The van der Waals surface area contributed by atoms with Gasteiger partial charge in [0.05, 0.1) is 11.4 Å². The van der Waals surface area contributed by atoms with Gasteiger partial charge in [-0.25, -0.2) is 4.68 Å². The molecule has 138 valence electrons. The van der Waals surface area contributed by atoms with Crippen LogP contribution in [0.15, 0.2) is 59.4 Å². The number of thiocarbonyl (C=S) groups is 1. The summed E-state index contributed by atoms with van der Waals surface area (Å²) >= 11 is 5.35. The second-order valence-electron chi connectivity index (χ2n) is 6.15. The van der Waals surface area contributed by atoms with Gasteiger partial charge in [-0.3, -0.25) is 14.3 Å². The van der Waals surface area contributed by atoms with E-state index in [4.69, 9.17) is 12.2 Å². The van der Waals surface area contributed by atoms with Crippen LogP contribution < -0.4 is 16.2 Å². The summed E-state index contributed by atoms with van der Waals surface area (Å²) in [6.07, 6.45) is 0. The number of nitrogens with one attached hydrogen (secondary N) is 2. The van der Waals surface area contributed by atoms with Crippen LogP contribution in [0.2, 0.25) is 0 Å². The van der Waals surface area contributed by atoms with E-state index in [1.54, 1.807) is 33.6 Å². The van der Waals surface area contributed by atoms with E-state index in [0.717, 1.165) is 11.4 Å². The number of benzene rings is 2. The van der Waals surface area contributed by atoms with Crippen LogP contribution in [-0.2, 0) is 7.05 Å². The van der Waals surface area contributed by atoms with Crippen LogP contribution in [0.4, 0.5) is 11.4 Å². The molecule has 0 saturated heterocycles. The van der Waals surface area contributed by atoms with Crippen molar-refractivity contribution in [2.75, 3.05) is 10.6 Å². The van der Waals surface area contributed by atoms with E-state index in [-0.39, 0.29) is 16.5 Å². The van der Waals surface area contributed by atoms with Gasteiger partial charge in [0.1, 0.15) is 5.69 Å². The van der Waals surface area contributed by atoms with E-state index < -0.39 is 0 Å². The molecule has 7 heteroatoms. The SMILES string of the molecule is CC(=O)c1cccc(NC(=S)Nc2c(C)n(C)n(-c3ccccc3)c2=O)c1. The Morgan fingerprint density at radius 3 is 2.41 bits per heavy atom. The van der Waals surface area contributed by atoms with Crippen LogP contribution in [0.3, 0.4) is 0 Å². The maximum Gasteiger partial charge on any atom is 0.295 e. The number of rotatable bonds is 4. The average molecular weight is 380 g/mol. The molecule has 0 aliphatic carbocycles. The number of anilines is 2. The summed E-state index contributed by atoms with van der Waals surface area (Å²) in [5, 5.41) is 6.29. The van der Waals surface area contributed by atoms with E-state index in [2.05, 4.69) is 10.6 Å². The lowest BCUT2D eigenvalue weighted by molar-refractivity contribution is 0.101. The zero-order valence-corrected chi connectivity index (χ0v) is 16.1. The van der Waals surface area contributed by atoms with Crippen LogP contribution in [-0.4, -0.2) is 20.3 Å². The number of Topliss-reactive ketones (excluding diaryl/α,β-unsaturated/α-hetero) is 1. The molecule has 0 aliphatic rings. The molecule has 2 aromatic carbocycles. The molecule has 27 heavy (non-hydrogen) atoms. The topological polar surface area (TPSA) is 68.1 Å². The first-order valence-corrected chi connectivity index (χ1v) is 8.82. The summed E-state index contributed by atoms with van der Waals surface area (Å²) in [5.74, 6) is -0.0258. The third kappa shape index (κ3) is 3.83. The Labute approximate surface area is 162 Å². The van der Waals surface area contributed by atoms with Crippen LogP contribution >= 0.6 is 12.2 Å². The molecular weight excluding hydrogens is 360 g/mol. The van der Waals surface area contributed by atoms with Crippen molar-refractivity contribution in [3.05, 3.63) is 76.2 Å². The predicted octanol–water partition coefficient (Wildman–Crippen LogP) is 3.50. The van der Waals surface area contributed by atoms with E-state index in [9.17, 15) is 9.59 Å². The fourth-order valence-electron chi connectivity index (χ4n) is 2.80. The van der Waals surface area contributed by atoms with Crippen molar-refractivity contribution >= 4 is 34.5 Å². The molecule has 0 unspecified atom stereocenters. The molecule has 1 aromatic heterocycles. The minimum Gasteiger partial charge on any atom is -0.332 e. The Morgan fingerprint density at radius 1 is 1.04 bits per heavy atom. The molecule has 0 amide bonds. The van der Waals surface area contributed by atoms with Gasteiger partial charge in [-0.1, -0.05) is 30.3 Å². The van der Waals surface area contributed by atoms with E-state index in [1.807, 2.05) is 44.3 Å². The Morgan fingerprint density at radius 2 is 1.74 bits per heavy atom. The number of aromatic nitrogens is 2. The molecule has 2 N–H and O–H groups in total. The molecule has 1 heterocycles. The zero-order chi connectivity index (χ0) is 19.6. The third-order valence-corrected chi connectivity index (χ3v) is 4.52. The van der Waals surface area contributed by atoms with Crippen molar-refractivity contribution in [2.24, 2.45) is 7.05 Å². The smallest absolute Gasteiger partial charge is 0.295 e. The highest BCUT2D eigenvalue weighted by atomic mass is 32.1. The summed E-state index contributed by atoms with van der Waals surface area (Å²) < 4.78 is 3.36. The van der Waals surface area contributed by atoms with Crippen molar-refractivity contribution in [3.8, 4) is 5.69 Å². The van der Waals surface area contributed by atoms with Gasteiger partial charge >= 0.3 is 0 Å². The molecule has 0 bridgehead atoms. The first-order chi connectivity index (χ1) is 12.9. The number of carbonyl (C=O) groups excluding carboxylic acids is 1. The average Bonchev–Trinajstić information content (AvgIpc) is 2.86. The number of hydrogen-bond acceptors (Lipinski definition) is 3. The van der Waals surface area contributed by atoms with Crippen molar-refractivity contribution in [2.45, 2.75) is 13.8 Å². The highest BCUT2D eigenvalue weighted by molar-refractivity contribution is 7.80. The van der Waals surface area contributed by atoms with E-state index >= 15 is 0 Å². The quantitative estimate of drug-likeness (QED) is 0.536. The lowest BCUT2D eigenvalue weighted by Gasteiger charge is -2.10. The summed E-state index contributed by atoms with van der Waals surface area (Å²) in [5.41, 5.74) is 3.01. The highest BCUT2D eigenvalue weighted by Gasteiger charge is 2.17. The molecule has 0 aliphatic heterocycles. The van der Waals surface area contributed by atoms with Gasteiger partial charge in [0.25, 0.3) is 5.56 Å². The van der Waals surface area contributed by atoms with Gasteiger partial charge < -0.3 is 10.6 Å². The predicted molar refractivity (Wildman–Crippen MR) is 112 cm³/mol. The van der Waals surface area contributed by atoms with Crippen LogP contribution in [0.25, 0.3) is 5.69 Å². The second-order valence-corrected chi connectivity index (χ2v) is 6.56. The standard InChI is InChI=1S/C20H20N4O2S/c1-13-18(19(26)24(23(13)3)17-10-5-4-6-11-17)22-20(27)21-16-9-7-8-15(12-16)14(2)25/h4-12H,1-3H3,(H2,21,22,27). The summed E-state index contributed by atoms with van der Waals surface area (Å²) in [4.78, 5) is 24.4. The minimum atomic E-state index is -0.192. The lowest BCUT2D eigenvalue weighted by Crippen LogP contribution is -2.25. The molecule has 0 atom stereocenters. The van der Waals surface area contributed by atoms with Crippen LogP contribution in [0.5, 0.6) is 0 Å². The minimum absolute atomic E-state index is 0.0258. The first-order valence-electron chi connectivity index (χ1n) is 8.41. The second kappa shape index (κ2) is 7.59. The molecule has 3 aromatic rings. The van der Waals surface area contributed by atoms with Gasteiger partial charge in [0.2, 0.25) is 0 Å². The summed E-state index contributed by atoms with van der Waals surface area (Å²) in [6.45, 7) is 3.36. The highest BCUT2D eigenvalue weighted by Crippen LogP contribution is 2.15. The Kier molecular flexibility index (Phi) is 5.23. The van der Waals surface area contributed by atoms with Crippen molar-refractivity contribution in [1.29, 1.82) is 0 Å². The third-order valence-electron chi connectivity index (χ3n) is 4.32. The maximum absolute atomic E-state index is 12.9. The largest absolute Gasteiger partial charge is 0.332 e. The number of nitrogens with zero attached hydrogens (tertiary/aromatic N) is 2. The molecule has 0 radical (unpaired) electrons. The van der Waals surface area contributed by atoms with Gasteiger partial charge in [-0.15, -0.1) is 0 Å². The lowest BCUT2D eigenvalue weighted by atomic mass is 10.1. The van der Waals surface area contributed by atoms with Gasteiger partial charge in [-0.2, -0.15) is 0 Å². The summed E-state index contributed by atoms with van der Waals surface area (Å²) in [6, 6.07) is 16.4. The Bertz CT molecular complexity index is 1070. The van der Waals surface area contributed by atoms with Gasteiger partial charge in [-0.05, 0) is 50.3 Å². The van der Waals surface area contributed by atoms with Gasteiger partial charge in [0, 0.05) is 18.3 Å². The Balaban J connectivity index is 1.86. The number of carbonyl (C=O) groups is 1. The van der Waals surface area contributed by atoms with E-state index in [0.29, 0.717) is 16.9 Å². The fourth-order valence-corrected chi connectivity index (χ4v) is 3.02. The van der Waals surface area contributed by atoms with Crippen LogP contribution in [0, 0.1) is 6.92 Å². The van der Waals surface area contributed by atoms with Crippen LogP contribution in [0.1, 0.15) is 23.0 Å². The zero-order valence-electron chi connectivity index (χ0n) is 15.3. The summed E-state index contributed by atoms with van der Waals surface area (Å²) in [7, 11) is 1.82.